The molecule has 92 valence electrons. The van der Waals surface area contributed by atoms with Gasteiger partial charge in [-0.15, -0.1) is 11.6 Å². The van der Waals surface area contributed by atoms with E-state index in [1.165, 1.54) is 0 Å². The summed E-state index contributed by atoms with van der Waals surface area (Å²) in [6.07, 6.45) is 0. The van der Waals surface area contributed by atoms with Gasteiger partial charge in [-0.1, -0.05) is 11.1 Å². The van der Waals surface area contributed by atoms with E-state index in [1.807, 2.05) is 0 Å². The van der Waals surface area contributed by atoms with Gasteiger partial charge in [0.1, 0.15) is 0 Å². The van der Waals surface area contributed by atoms with Gasteiger partial charge in [-0.25, -0.2) is 0 Å². The molecular weight excluding hydrogens is 259 g/mol. The fourth-order valence-electron chi connectivity index (χ4n) is 0.854. The Balaban J connectivity index is 3.83. The third kappa shape index (κ3) is 8.44. The molecule has 0 saturated carbocycles. The van der Waals surface area contributed by atoms with Gasteiger partial charge in [-0.3, -0.25) is 0 Å². The van der Waals surface area contributed by atoms with Crippen molar-refractivity contribution in [3.8, 4) is 0 Å². The Morgan fingerprint density at radius 1 is 0.933 bits per heavy atom. The molecule has 0 fully saturated rings. The molecule has 0 amide bonds. The van der Waals surface area contributed by atoms with Crippen molar-refractivity contribution in [3.63, 3.8) is 0 Å². The van der Waals surface area contributed by atoms with Gasteiger partial charge in [0, 0.05) is 26.1 Å². The highest BCUT2D eigenvalue weighted by atomic mass is 35.6. The van der Waals surface area contributed by atoms with Gasteiger partial charge in [0.15, 0.2) is 0 Å². The van der Waals surface area contributed by atoms with Crippen LogP contribution in [0, 0.1) is 0 Å². The quantitative estimate of drug-likeness (QED) is 0.264. The minimum absolute atomic E-state index is 0.426. The average molecular weight is 277 g/mol. The lowest BCUT2D eigenvalue weighted by Crippen LogP contribution is -2.38. The highest BCUT2D eigenvalue weighted by molar-refractivity contribution is 7.13. The number of ether oxygens (including phenoxy) is 2. The molecule has 0 heterocycles. The third-order valence-electron chi connectivity index (χ3n) is 1.60. The number of hydrogen-bond acceptors (Lipinski definition) is 4. The van der Waals surface area contributed by atoms with Crippen molar-refractivity contribution in [2.24, 2.45) is 0 Å². The fourth-order valence-corrected chi connectivity index (χ4v) is 4.01. The lowest BCUT2D eigenvalue weighted by Gasteiger charge is -2.23. The first-order chi connectivity index (χ1) is 7.18. The van der Waals surface area contributed by atoms with Gasteiger partial charge in [-0.2, -0.15) is 0 Å². The van der Waals surface area contributed by atoms with Crippen LogP contribution in [-0.4, -0.2) is 54.4 Å². The van der Waals surface area contributed by atoms with Gasteiger partial charge >= 0.3 is 7.87 Å². The molecule has 0 N–H and O–H groups in total. The molecule has 15 heavy (non-hydrogen) atoms. The summed E-state index contributed by atoms with van der Waals surface area (Å²) in [5.74, 6) is 0.426. The first-order valence-electron chi connectivity index (χ1n) is 4.69. The van der Waals surface area contributed by atoms with E-state index in [-0.39, 0.29) is 0 Å². The monoisotopic (exact) mass is 276 g/mol. The van der Waals surface area contributed by atoms with Crippen molar-refractivity contribution in [1.82, 2.24) is 0 Å². The summed E-state index contributed by atoms with van der Waals surface area (Å²) in [6.45, 7) is 1.85. The molecule has 0 aromatic heterocycles. The van der Waals surface area contributed by atoms with E-state index in [1.54, 1.807) is 14.2 Å². The third-order valence-corrected chi connectivity index (χ3v) is 5.45. The van der Waals surface area contributed by atoms with E-state index in [4.69, 9.17) is 41.0 Å². The molecule has 0 saturated heterocycles. The van der Waals surface area contributed by atoms with E-state index < -0.39 is 7.87 Å². The van der Waals surface area contributed by atoms with Crippen molar-refractivity contribution in [1.29, 1.82) is 0 Å². The molecule has 0 aromatic carbocycles. The Morgan fingerprint density at radius 2 is 1.40 bits per heavy atom. The Bertz CT molecular complexity index is 141. The SMILES string of the molecule is COCCO[Si](Cl)(CCCl)OCCOC. The maximum Gasteiger partial charge on any atom is 0.444 e. The summed E-state index contributed by atoms with van der Waals surface area (Å²) >= 11 is 11.8. The molecular formula is C8H18Cl2O4Si. The van der Waals surface area contributed by atoms with Crippen LogP contribution in [0.2, 0.25) is 6.04 Å². The highest BCUT2D eigenvalue weighted by Crippen LogP contribution is 2.19. The van der Waals surface area contributed by atoms with Crippen LogP contribution in [0.15, 0.2) is 0 Å². The van der Waals surface area contributed by atoms with Gasteiger partial charge in [0.25, 0.3) is 0 Å². The zero-order valence-corrected chi connectivity index (χ0v) is 11.6. The normalized spacial score (nSPS) is 12.0. The van der Waals surface area contributed by atoms with Crippen LogP contribution in [0.25, 0.3) is 0 Å². The summed E-state index contributed by atoms with van der Waals surface area (Å²) in [5, 5.41) is 0. The van der Waals surface area contributed by atoms with Crippen LogP contribution >= 0.6 is 22.7 Å². The summed E-state index contributed by atoms with van der Waals surface area (Å²) in [6, 6.07) is 0.545. The molecule has 0 unspecified atom stereocenters. The molecule has 4 nitrogen and oxygen atoms in total. The van der Waals surface area contributed by atoms with Crippen molar-refractivity contribution >= 4 is 30.6 Å². The van der Waals surface area contributed by atoms with Crippen LogP contribution in [0.4, 0.5) is 0 Å². The van der Waals surface area contributed by atoms with E-state index in [2.05, 4.69) is 0 Å². The Morgan fingerprint density at radius 3 is 1.73 bits per heavy atom. The Labute approximate surface area is 102 Å². The average Bonchev–Trinajstić information content (AvgIpc) is 2.19. The molecule has 0 aliphatic carbocycles. The maximum atomic E-state index is 6.21. The topological polar surface area (TPSA) is 36.9 Å². The predicted octanol–water partition coefficient (Wildman–Crippen LogP) is 1.73. The Kier molecular flexibility index (Phi) is 10.3. The van der Waals surface area contributed by atoms with Crippen LogP contribution in [0.1, 0.15) is 0 Å². The molecule has 0 aliphatic heterocycles. The molecule has 0 atom stereocenters. The van der Waals surface area contributed by atoms with Gasteiger partial charge in [-0.05, 0) is 0 Å². The summed E-state index contributed by atoms with van der Waals surface area (Å²) < 4.78 is 20.7. The largest absolute Gasteiger partial charge is 0.444 e. The van der Waals surface area contributed by atoms with Crippen molar-refractivity contribution in [3.05, 3.63) is 0 Å². The van der Waals surface area contributed by atoms with Crippen LogP contribution in [0.3, 0.4) is 0 Å². The van der Waals surface area contributed by atoms with Crippen LogP contribution < -0.4 is 0 Å². The number of halogens is 2. The summed E-state index contributed by atoms with van der Waals surface area (Å²) in [5.41, 5.74) is 0. The zero-order chi connectivity index (χ0) is 11.6. The highest BCUT2D eigenvalue weighted by Gasteiger charge is 2.35. The zero-order valence-electron chi connectivity index (χ0n) is 9.13. The molecule has 0 spiro atoms. The molecule has 0 rings (SSSR count). The summed E-state index contributed by atoms with van der Waals surface area (Å²) in [4.78, 5) is 0. The lowest BCUT2D eigenvalue weighted by atomic mass is 10.8. The summed E-state index contributed by atoms with van der Waals surface area (Å²) in [7, 11) is 0.567. The van der Waals surface area contributed by atoms with Gasteiger partial charge in [0.2, 0.25) is 0 Å². The standard InChI is InChI=1S/C8H18Cl2O4Si/c1-11-4-6-13-15(10,8-3-9)14-7-5-12-2/h3-8H2,1-2H3. The first kappa shape index (κ1) is 15.6. The van der Waals surface area contributed by atoms with E-state index in [0.29, 0.717) is 38.4 Å². The van der Waals surface area contributed by atoms with Crippen molar-refractivity contribution in [2.45, 2.75) is 6.04 Å². The van der Waals surface area contributed by atoms with Crippen LogP contribution in [-0.2, 0) is 18.3 Å². The molecule has 0 radical (unpaired) electrons. The minimum Gasteiger partial charge on any atom is -0.382 e. The number of hydrogen-bond donors (Lipinski definition) is 0. The van der Waals surface area contributed by atoms with E-state index >= 15 is 0 Å². The molecule has 0 aliphatic rings. The number of methoxy groups -OCH3 is 2. The van der Waals surface area contributed by atoms with Crippen molar-refractivity contribution < 1.29 is 18.3 Å². The smallest absolute Gasteiger partial charge is 0.382 e. The number of alkyl halides is 1. The molecule has 7 heteroatoms. The molecule has 0 aromatic rings. The molecule has 0 bridgehead atoms. The maximum absolute atomic E-state index is 6.21. The fraction of sp³-hybridized carbons (Fsp3) is 1.00. The van der Waals surface area contributed by atoms with E-state index in [9.17, 15) is 0 Å². The number of rotatable bonds is 10. The Hall–Kier alpha value is 0.637. The van der Waals surface area contributed by atoms with Crippen LogP contribution in [0.5, 0.6) is 0 Å². The first-order valence-corrected chi connectivity index (χ1v) is 8.26. The van der Waals surface area contributed by atoms with E-state index in [0.717, 1.165) is 0 Å². The van der Waals surface area contributed by atoms with Gasteiger partial charge in [0.05, 0.1) is 26.4 Å². The van der Waals surface area contributed by atoms with Gasteiger partial charge < -0.3 is 18.3 Å². The second-order valence-corrected chi connectivity index (χ2v) is 7.28. The predicted molar refractivity (Wildman–Crippen MR) is 62.8 cm³/mol. The minimum atomic E-state index is -2.64. The lowest BCUT2D eigenvalue weighted by molar-refractivity contribution is 0.0954. The second-order valence-electron chi connectivity index (χ2n) is 2.78. The van der Waals surface area contributed by atoms with Crippen molar-refractivity contribution in [2.75, 3.05) is 46.5 Å². The second kappa shape index (κ2) is 9.83.